The number of anilines is 1. The first-order valence-electron chi connectivity index (χ1n) is 8.12. The predicted molar refractivity (Wildman–Crippen MR) is 109 cm³/mol. The Morgan fingerprint density at radius 1 is 1.27 bits per heavy atom. The second-order valence-electron chi connectivity index (χ2n) is 6.20. The number of hydrogen-bond acceptors (Lipinski definition) is 2. The van der Waals surface area contributed by atoms with Crippen LogP contribution in [0.4, 0.5) is 10.1 Å². The molecular formula is C20H17Br2FN2O. The molecule has 0 radical (unpaired) electrons. The van der Waals surface area contributed by atoms with Crippen molar-refractivity contribution < 1.29 is 9.18 Å². The number of alkyl halides is 1. The lowest BCUT2D eigenvalue weighted by molar-refractivity contribution is -0.111. The molecule has 1 fully saturated rings. The fourth-order valence-corrected chi connectivity index (χ4v) is 3.42. The number of rotatable bonds is 5. The summed E-state index contributed by atoms with van der Waals surface area (Å²) in [7, 11) is 0. The van der Waals surface area contributed by atoms with Crippen LogP contribution in [0.15, 0.2) is 75.5 Å². The van der Waals surface area contributed by atoms with Crippen molar-refractivity contribution in [1.82, 2.24) is 4.98 Å². The first-order chi connectivity index (χ1) is 12.5. The third kappa shape index (κ3) is 4.68. The van der Waals surface area contributed by atoms with Crippen molar-refractivity contribution in [1.29, 1.82) is 0 Å². The van der Waals surface area contributed by atoms with Crippen molar-refractivity contribution in [2.24, 2.45) is 5.92 Å². The molecule has 1 heterocycles. The van der Waals surface area contributed by atoms with Gasteiger partial charge >= 0.3 is 0 Å². The number of pyridine rings is 1. The molecule has 0 aliphatic heterocycles. The van der Waals surface area contributed by atoms with Crippen LogP contribution in [0.3, 0.4) is 0 Å². The second kappa shape index (κ2) is 8.27. The van der Waals surface area contributed by atoms with Gasteiger partial charge in [0.25, 0.3) is 0 Å². The van der Waals surface area contributed by atoms with Crippen LogP contribution in [0.1, 0.15) is 18.4 Å². The average Bonchev–Trinajstić information content (AvgIpc) is 3.26. The van der Waals surface area contributed by atoms with Gasteiger partial charge in [-0.15, -0.1) is 0 Å². The lowest BCUT2D eigenvalue weighted by Gasteiger charge is -2.01. The first-order valence-corrected chi connectivity index (χ1v) is 9.71. The molecule has 1 N–H and O–H groups in total. The third-order valence-electron chi connectivity index (χ3n) is 4.18. The van der Waals surface area contributed by atoms with E-state index in [1.165, 1.54) is 6.08 Å². The zero-order valence-electron chi connectivity index (χ0n) is 14.0. The highest BCUT2D eigenvalue weighted by atomic mass is 79.9. The van der Waals surface area contributed by atoms with Crippen LogP contribution in [0.25, 0.3) is 0 Å². The molecule has 1 aliphatic carbocycles. The molecule has 1 aromatic carbocycles. The number of aromatic nitrogens is 1. The molecule has 1 aliphatic rings. The lowest BCUT2D eigenvalue weighted by atomic mass is 10.1. The summed E-state index contributed by atoms with van der Waals surface area (Å²) < 4.78 is 16.0. The van der Waals surface area contributed by atoms with Crippen LogP contribution < -0.4 is 5.32 Å². The standard InChI is InChI=1S/C20H17Br2FN2O/c1-12(9-18(26)25-14-3-2-8-24-11-14)4-6-15-19(20(15)23)13-5-7-16(21)17(22)10-13/h2-11,15,19-20H,1H3,(H,25,26)/b6-4+,12-9+. The second-order valence-corrected chi connectivity index (χ2v) is 7.91. The Labute approximate surface area is 168 Å². The zero-order chi connectivity index (χ0) is 18.7. The van der Waals surface area contributed by atoms with Gasteiger partial charge in [0.2, 0.25) is 5.91 Å². The van der Waals surface area contributed by atoms with E-state index in [0.29, 0.717) is 5.69 Å². The molecule has 0 bridgehead atoms. The Morgan fingerprint density at radius 2 is 2.08 bits per heavy atom. The third-order valence-corrected chi connectivity index (χ3v) is 6.06. The number of carbonyl (C=O) groups excluding carboxylic acids is 1. The van der Waals surface area contributed by atoms with Gasteiger partial charge in [0.05, 0.1) is 11.9 Å². The van der Waals surface area contributed by atoms with Crippen LogP contribution in [-0.4, -0.2) is 17.1 Å². The van der Waals surface area contributed by atoms with E-state index in [9.17, 15) is 9.18 Å². The van der Waals surface area contributed by atoms with Gasteiger partial charge in [-0.2, -0.15) is 0 Å². The largest absolute Gasteiger partial charge is 0.321 e. The van der Waals surface area contributed by atoms with Crippen molar-refractivity contribution in [3.8, 4) is 0 Å². The number of allylic oxidation sites excluding steroid dienone is 3. The normalized spacial score (nSPS) is 22.5. The number of halogens is 3. The summed E-state index contributed by atoms with van der Waals surface area (Å²) in [4.78, 5) is 15.9. The van der Waals surface area contributed by atoms with Crippen LogP contribution in [-0.2, 0) is 4.79 Å². The minimum absolute atomic E-state index is 0.132. The minimum atomic E-state index is -0.892. The predicted octanol–water partition coefficient (Wildman–Crippen LogP) is 5.80. The fourth-order valence-electron chi connectivity index (χ4n) is 2.78. The highest BCUT2D eigenvalue weighted by molar-refractivity contribution is 9.13. The summed E-state index contributed by atoms with van der Waals surface area (Å²) in [5, 5.41) is 2.74. The average molecular weight is 480 g/mol. The molecule has 6 heteroatoms. The van der Waals surface area contributed by atoms with Crippen molar-refractivity contribution in [2.45, 2.75) is 19.0 Å². The topological polar surface area (TPSA) is 42.0 Å². The Hall–Kier alpha value is -1.79. The molecule has 3 unspecified atom stereocenters. The summed E-state index contributed by atoms with van der Waals surface area (Å²) in [5.41, 5.74) is 2.37. The van der Waals surface area contributed by atoms with Gasteiger partial charge in [-0.25, -0.2) is 4.39 Å². The van der Waals surface area contributed by atoms with Crippen molar-refractivity contribution in [3.63, 3.8) is 0 Å². The highest BCUT2D eigenvalue weighted by Gasteiger charge is 2.50. The summed E-state index contributed by atoms with van der Waals surface area (Å²) in [5.74, 6) is -0.526. The highest BCUT2D eigenvalue weighted by Crippen LogP contribution is 2.52. The molecule has 3 nitrogen and oxygen atoms in total. The molecule has 26 heavy (non-hydrogen) atoms. The van der Waals surface area contributed by atoms with Crippen molar-refractivity contribution in [3.05, 3.63) is 81.0 Å². The van der Waals surface area contributed by atoms with Crippen LogP contribution in [0.2, 0.25) is 0 Å². The molecule has 1 amide bonds. The number of nitrogens with one attached hydrogen (secondary N) is 1. The zero-order valence-corrected chi connectivity index (χ0v) is 17.2. The fraction of sp³-hybridized carbons (Fsp3) is 0.200. The van der Waals surface area contributed by atoms with E-state index >= 15 is 0 Å². The van der Waals surface area contributed by atoms with Crippen LogP contribution >= 0.6 is 31.9 Å². The molecule has 1 aromatic heterocycles. The maximum Gasteiger partial charge on any atom is 0.248 e. The molecule has 0 saturated heterocycles. The van der Waals surface area contributed by atoms with E-state index < -0.39 is 6.17 Å². The van der Waals surface area contributed by atoms with Gasteiger partial charge in [-0.1, -0.05) is 18.2 Å². The van der Waals surface area contributed by atoms with Crippen molar-refractivity contribution in [2.75, 3.05) is 5.32 Å². The lowest BCUT2D eigenvalue weighted by Crippen LogP contribution is -2.08. The van der Waals surface area contributed by atoms with Crippen LogP contribution in [0.5, 0.6) is 0 Å². The maximum absolute atomic E-state index is 14.2. The number of amides is 1. The summed E-state index contributed by atoms with van der Waals surface area (Å²) >= 11 is 6.87. The van der Waals surface area contributed by atoms with Gasteiger partial charge in [0.15, 0.2) is 0 Å². The van der Waals surface area contributed by atoms with E-state index in [1.54, 1.807) is 30.6 Å². The van der Waals surface area contributed by atoms with Gasteiger partial charge in [0.1, 0.15) is 6.17 Å². The summed E-state index contributed by atoms with van der Waals surface area (Å²) in [6.45, 7) is 1.82. The monoisotopic (exact) mass is 478 g/mol. The van der Waals surface area contributed by atoms with Gasteiger partial charge in [-0.05, 0) is 74.2 Å². The molecule has 3 atom stereocenters. The Kier molecular flexibility index (Phi) is 6.04. The van der Waals surface area contributed by atoms with E-state index in [1.807, 2.05) is 31.2 Å². The van der Waals surface area contributed by atoms with E-state index in [4.69, 9.17) is 0 Å². The number of carbonyl (C=O) groups is 1. The molecule has 1 saturated carbocycles. The Morgan fingerprint density at radius 3 is 2.77 bits per heavy atom. The maximum atomic E-state index is 14.2. The summed E-state index contributed by atoms with van der Waals surface area (Å²) in [6, 6.07) is 9.31. The van der Waals surface area contributed by atoms with Crippen LogP contribution in [0, 0.1) is 5.92 Å². The quantitative estimate of drug-likeness (QED) is 0.435. The van der Waals surface area contributed by atoms with Gasteiger partial charge in [-0.3, -0.25) is 9.78 Å². The SMILES string of the molecule is CC(/C=C/C1C(F)C1c1ccc(Br)c(Br)c1)=C\C(=O)Nc1cccnc1. The smallest absolute Gasteiger partial charge is 0.248 e. The first kappa shape index (κ1) is 19.0. The number of nitrogens with zero attached hydrogens (tertiary/aromatic N) is 1. The Bertz CT molecular complexity index is 867. The molecule has 2 aromatic rings. The minimum Gasteiger partial charge on any atom is -0.321 e. The molecule has 134 valence electrons. The van der Waals surface area contributed by atoms with Crippen molar-refractivity contribution >= 4 is 43.5 Å². The van der Waals surface area contributed by atoms with E-state index in [2.05, 4.69) is 42.2 Å². The van der Waals surface area contributed by atoms with E-state index in [0.717, 1.165) is 20.1 Å². The van der Waals surface area contributed by atoms with Gasteiger partial charge < -0.3 is 5.32 Å². The number of hydrogen-bond donors (Lipinski definition) is 1. The molecular weight excluding hydrogens is 463 g/mol. The van der Waals surface area contributed by atoms with Gasteiger partial charge in [0, 0.05) is 33.1 Å². The Balaban J connectivity index is 1.60. The molecule has 3 rings (SSSR count). The van der Waals surface area contributed by atoms with E-state index in [-0.39, 0.29) is 17.7 Å². The number of benzene rings is 1. The summed E-state index contributed by atoms with van der Waals surface area (Å²) in [6.07, 6.45) is 7.46. The molecule has 0 spiro atoms.